The standard InChI is InChI=1S/C24H26N2O2/c27-24(16-20-10-5-9-19-6-3-4-11-23(19)20)25-17-21-7-1-2-8-22(21)18-26-12-14-28-15-13-26/h1-11H,12-18H2,(H,25,27)/p+1. The predicted molar refractivity (Wildman–Crippen MR) is 111 cm³/mol. The fourth-order valence-corrected chi connectivity index (χ4v) is 3.88. The quantitative estimate of drug-likeness (QED) is 0.693. The van der Waals surface area contributed by atoms with E-state index in [4.69, 9.17) is 4.74 Å². The Labute approximate surface area is 166 Å². The predicted octanol–water partition coefficient (Wildman–Crippen LogP) is 2.11. The molecule has 0 bridgehead atoms. The van der Waals surface area contributed by atoms with Gasteiger partial charge in [-0.3, -0.25) is 4.79 Å². The largest absolute Gasteiger partial charge is 0.370 e. The summed E-state index contributed by atoms with van der Waals surface area (Å²) in [6.45, 7) is 5.31. The van der Waals surface area contributed by atoms with E-state index < -0.39 is 0 Å². The van der Waals surface area contributed by atoms with Crippen LogP contribution in [0.3, 0.4) is 0 Å². The topological polar surface area (TPSA) is 42.8 Å². The van der Waals surface area contributed by atoms with E-state index in [0.717, 1.165) is 43.8 Å². The Balaban J connectivity index is 1.39. The Morgan fingerprint density at radius 2 is 1.54 bits per heavy atom. The molecule has 0 saturated carbocycles. The molecule has 0 radical (unpaired) electrons. The maximum absolute atomic E-state index is 12.6. The van der Waals surface area contributed by atoms with Gasteiger partial charge in [0.1, 0.15) is 19.6 Å². The molecule has 1 fully saturated rings. The minimum Gasteiger partial charge on any atom is -0.370 e. The van der Waals surface area contributed by atoms with Crippen LogP contribution in [-0.4, -0.2) is 32.2 Å². The van der Waals surface area contributed by atoms with Gasteiger partial charge in [-0.1, -0.05) is 66.7 Å². The molecule has 4 heteroatoms. The second-order valence-electron chi connectivity index (χ2n) is 7.40. The highest BCUT2D eigenvalue weighted by atomic mass is 16.5. The SMILES string of the molecule is O=C(Cc1cccc2ccccc12)NCc1ccccc1C[NH+]1CCOCC1. The van der Waals surface area contributed by atoms with Gasteiger partial charge in [-0.2, -0.15) is 0 Å². The normalized spacial score (nSPS) is 14.9. The number of morpholine rings is 1. The van der Waals surface area contributed by atoms with Gasteiger partial charge in [-0.15, -0.1) is 0 Å². The van der Waals surface area contributed by atoms with E-state index in [9.17, 15) is 4.79 Å². The number of ether oxygens (including phenoxy) is 1. The molecule has 0 unspecified atom stereocenters. The van der Waals surface area contributed by atoms with Crippen LogP contribution in [0.1, 0.15) is 16.7 Å². The average molecular weight is 375 g/mol. The molecular weight excluding hydrogens is 348 g/mol. The van der Waals surface area contributed by atoms with Crippen molar-refractivity contribution >= 4 is 16.7 Å². The summed E-state index contributed by atoms with van der Waals surface area (Å²) in [6, 6.07) is 22.8. The number of quaternary nitrogens is 1. The Kier molecular flexibility index (Phi) is 6.00. The van der Waals surface area contributed by atoms with E-state index in [1.165, 1.54) is 16.5 Å². The first-order valence-electron chi connectivity index (χ1n) is 10.0. The first-order chi connectivity index (χ1) is 13.8. The van der Waals surface area contributed by atoms with Gasteiger partial charge in [0.05, 0.1) is 19.6 Å². The highest BCUT2D eigenvalue weighted by Gasteiger charge is 2.16. The molecular formula is C24H27N2O2+. The zero-order valence-electron chi connectivity index (χ0n) is 16.1. The van der Waals surface area contributed by atoms with Gasteiger partial charge in [0, 0.05) is 12.1 Å². The summed E-state index contributed by atoms with van der Waals surface area (Å²) >= 11 is 0. The number of carbonyl (C=O) groups is 1. The minimum absolute atomic E-state index is 0.0601. The molecule has 0 aromatic heterocycles. The van der Waals surface area contributed by atoms with Crippen LogP contribution >= 0.6 is 0 Å². The molecule has 0 atom stereocenters. The van der Waals surface area contributed by atoms with E-state index in [1.54, 1.807) is 4.90 Å². The van der Waals surface area contributed by atoms with Crippen molar-refractivity contribution in [3.63, 3.8) is 0 Å². The number of amides is 1. The third-order valence-corrected chi connectivity index (χ3v) is 5.47. The monoisotopic (exact) mass is 375 g/mol. The van der Waals surface area contributed by atoms with Crippen molar-refractivity contribution in [3.05, 3.63) is 83.4 Å². The van der Waals surface area contributed by atoms with Crippen LogP contribution < -0.4 is 10.2 Å². The number of hydrogen-bond acceptors (Lipinski definition) is 2. The number of carbonyl (C=O) groups excluding carboxylic acids is 1. The first kappa shape index (κ1) is 18.7. The number of benzene rings is 3. The fraction of sp³-hybridized carbons (Fsp3) is 0.292. The van der Waals surface area contributed by atoms with Crippen LogP contribution in [0.25, 0.3) is 10.8 Å². The number of rotatable bonds is 6. The van der Waals surface area contributed by atoms with Crippen molar-refractivity contribution in [1.29, 1.82) is 0 Å². The van der Waals surface area contributed by atoms with Gasteiger partial charge in [-0.25, -0.2) is 0 Å². The maximum Gasteiger partial charge on any atom is 0.224 e. The summed E-state index contributed by atoms with van der Waals surface area (Å²) in [5, 5.41) is 5.44. The molecule has 0 spiro atoms. The lowest BCUT2D eigenvalue weighted by Gasteiger charge is -2.24. The molecule has 1 saturated heterocycles. The zero-order valence-corrected chi connectivity index (χ0v) is 16.1. The summed E-state index contributed by atoms with van der Waals surface area (Å²) < 4.78 is 5.46. The van der Waals surface area contributed by atoms with Crippen LogP contribution in [-0.2, 0) is 29.0 Å². The zero-order chi connectivity index (χ0) is 19.2. The first-order valence-corrected chi connectivity index (χ1v) is 10.0. The Hall–Kier alpha value is -2.69. The molecule has 1 aliphatic rings. The number of fused-ring (bicyclic) bond motifs is 1. The highest BCUT2D eigenvalue weighted by Crippen LogP contribution is 2.19. The number of hydrogen-bond donors (Lipinski definition) is 2. The van der Waals surface area contributed by atoms with Crippen LogP contribution in [0.5, 0.6) is 0 Å². The third kappa shape index (κ3) is 4.58. The van der Waals surface area contributed by atoms with E-state index in [1.807, 2.05) is 30.3 Å². The lowest BCUT2D eigenvalue weighted by Crippen LogP contribution is -3.12. The van der Waals surface area contributed by atoms with Crippen LogP contribution in [0, 0.1) is 0 Å². The van der Waals surface area contributed by atoms with E-state index in [-0.39, 0.29) is 5.91 Å². The Morgan fingerprint density at radius 1 is 0.857 bits per heavy atom. The van der Waals surface area contributed by atoms with Crippen molar-refractivity contribution in [2.24, 2.45) is 0 Å². The lowest BCUT2D eigenvalue weighted by molar-refractivity contribution is -0.921. The molecule has 28 heavy (non-hydrogen) atoms. The molecule has 1 aliphatic heterocycles. The average Bonchev–Trinajstić information content (AvgIpc) is 2.74. The van der Waals surface area contributed by atoms with Crippen LogP contribution in [0.4, 0.5) is 0 Å². The summed E-state index contributed by atoms with van der Waals surface area (Å²) in [4.78, 5) is 14.1. The van der Waals surface area contributed by atoms with Gasteiger partial charge in [-0.05, 0) is 21.9 Å². The lowest BCUT2D eigenvalue weighted by atomic mass is 10.0. The molecule has 4 nitrogen and oxygen atoms in total. The van der Waals surface area contributed by atoms with Crippen molar-refractivity contribution in [1.82, 2.24) is 5.32 Å². The van der Waals surface area contributed by atoms with E-state index in [0.29, 0.717) is 13.0 Å². The van der Waals surface area contributed by atoms with Crippen molar-refractivity contribution in [3.8, 4) is 0 Å². The van der Waals surface area contributed by atoms with Gasteiger partial charge < -0.3 is 15.0 Å². The van der Waals surface area contributed by atoms with Gasteiger partial charge in [0.15, 0.2) is 0 Å². The fourth-order valence-electron chi connectivity index (χ4n) is 3.88. The second kappa shape index (κ2) is 9.00. The summed E-state index contributed by atoms with van der Waals surface area (Å²) in [5.41, 5.74) is 3.58. The molecule has 0 aliphatic carbocycles. The molecule has 3 aromatic carbocycles. The van der Waals surface area contributed by atoms with E-state index in [2.05, 4.69) is 41.7 Å². The minimum atomic E-state index is 0.0601. The van der Waals surface area contributed by atoms with Crippen LogP contribution in [0.2, 0.25) is 0 Å². The highest BCUT2D eigenvalue weighted by molar-refractivity contribution is 5.90. The van der Waals surface area contributed by atoms with Crippen molar-refractivity contribution in [2.45, 2.75) is 19.5 Å². The Morgan fingerprint density at radius 3 is 2.39 bits per heavy atom. The molecule has 1 amide bonds. The molecule has 1 heterocycles. The summed E-state index contributed by atoms with van der Waals surface area (Å²) in [6.07, 6.45) is 0.401. The number of nitrogens with one attached hydrogen (secondary N) is 2. The third-order valence-electron chi connectivity index (χ3n) is 5.47. The molecule has 3 aromatic rings. The van der Waals surface area contributed by atoms with Crippen molar-refractivity contribution in [2.75, 3.05) is 26.3 Å². The van der Waals surface area contributed by atoms with Gasteiger partial charge in [0.25, 0.3) is 0 Å². The molecule has 4 rings (SSSR count). The molecule has 144 valence electrons. The van der Waals surface area contributed by atoms with Crippen molar-refractivity contribution < 1.29 is 14.4 Å². The smallest absolute Gasteiger partial charge is 0.224 e. The van der Waals surface area contributed by atoms with Gasteiger partial charge >= 0.3 is 0 Å². The Bertz CT molecular complexity index is 943. The van der Waals surface area contributed by atoms with E-state index >= 15 is 0 Å². The second-order valence-corrected chi connectivity index (χ2v) is 7.40. The van der Waals surface area contributed by atoms with Gasteiger partial charge in [0.2, 0.25) is 5.91 Å². The maximum atomic E-state index is 12.6. The molecule has 2 N–H and O–H groups in total. The summed E-state index contributed by atoms with van der Waals surface area (Å²) in [7, 11) is 0. The van der Waals surface area contributed by atoms with Crippen LogP contribution in [0.15, 0.2) is 66.7 Å². The summed E-state index contributed by atoms with van der Waals surface area (Å²) in [5.74, 6) is 0.0601.